The second-order valence-electron chi connectivity index (χ2n) is 3.75. The molecule has 0 atom stereocenters. The molecule has 94 valence electrons. The first-order valence-electron chi connectivity index (χ1n) is 5.91. The van der Waals surface area contributed by atoms with Crippen LogP contribution in [-0.4, -0.2) is 28.6 Å². The molecule has 0 aliphatic rings. The minimum atomic E-state index is 0.569. The van der Waals surface area contributed by atoms with Gasteiger partial charge in [-0.2, -0.15) is 0 Å². The van der Waals surface area contributed by atoms with Crippen LogP contribution in [0.15, 0.2) is 30.6 Å². The molecule has 2 aromatic heterocycles. The second-order valence-corrected chi connectivity index (χ2v) is 3.75. The Kier molecular flexibility index (Phi) is 4.06. The number of hydrogen-bond acceptors (Lipinski definition) is 5. The molecule has 2 aromatic rings. The van der Waals surface area contributed by atoms with E-state index in [4.69, 9.17) is 4.74 Å². The summed E-state index contributed by atoms with van der Waals surface area (Å²) in [4.78, 5) is 13.0. The number of nitrogens with one attached hydrogen (secondary N) is 1. The van der Waals surface area contributed by atoms with Crippen molar-refractivity contribution in [2.45, 2.75) is 13.3 Å². The summed E-state index contributed by atoms with van der Waals surface area (Å²) >= 11 is 0. The molecule has 18 heavy (non-hydrogen) atoms. The van der Waals surface area contributed by atoms with Gasteiger partial charge in [-0.15, -0.1) is 0 Å². The number of nitrogens with zero attached hydrogens (tertiary/aromatic N) is 3. The highest BCUT2D eigenvalue weighted by atomic mass is 16.5. The maximum atomic E-state index is 5.12. The molecule has 0 unspecified atom stereocenters. The fourth-order valence-electron chi connectivity index (χ4n) is 1.56. The molecule has 0 saturated carbocycles. The highest BCUT2D eigenvalue weighted by Crippen LogP contribution is 2.23. The zero-order chi connectivity index (χ0) is 12.8. The van der Waals surface area contributed by atoms with E-state index >= 15 is 0 Å². The van der Waals surface area contributed by atoms with E-state index in [2.05, 4.69) is 27.2 Å². The predicted octanol–water partition coefficient (Wildman–Crippen LogP) is 2.37. The smallest absolute Gasteiger partial charge is 0.213 e. The summed E-state index contributed by atoms with van der Waals surface area (Å²) in [7, 11) is 1.60. The molecule has 0 aliphatic heterocycles. The highest BCUT2D eigenvalue weighted by Gasteiger charge is 2.09. The second kappa shape index (κ2) is 5.95. The maximum absolute atomic E-state index is 5.12. The Morgan fingerprint density at radius 1 is 1.22 bits per heavy atom. The van der Waals surface area contributed by atoms with Gasteiger partial charge in [0.1, 0.15) is 5.69 Å². The Labute approximate surface area is 106 Å². The molecule has 5 heteroatoms. The molecule has 0 amide bonds. The molecule has 0 saturated heterocycles. The van der Waals surface area contributed by atoms with Gasteiger partial charge in [-0.3, -0.25) is 0 Å². The summed E-state index contributed by atoms with van der Waals surface area (Å²) in [5.41, 5.74) is 1.49. The van der Waals surface area contributed by atoms with Crippen LogP contribution in [0.4, 0.5) is 5.82 Å². The van der Waals surface area contributed by atoms with Crippen LogP contribution in [0.3, 0.4) is 0 Å². The Morgan fingerprint density at radius 3 is 2.83 bits per heavy atom. The first-order chi connectivity index (χ1) is 8.85. The molecule has 0 spiro atoms. The van der Waals surface area contributed by atoms with Gasteiger partial charge in [-0.1, -0.05) is 13.0 Å². The quantitative estimate of drug-likeness (QED) is 0.875. The van der Waals surface area contributed by atoms with E-state index in [-0.39, 0.29) is 0 Å². The largest absolute Gasteiger partial charge is 0.481 e. The number of anilines is 1. The standard InChI is InChI=1S/C13H16N4O/c1-3-7-15-13-12(14-8-9-16-13)10-5-4-6-11(17-10)18-2/h4-6,8-9H,3,7H2,1-2H3,(H,15,16). The molecular formula is C13H16N4O. The Balaban J connectivity index is 2.36. The lowest BCUT2D eigenvalue weighted by Crippen LogP contribution is -2.05. The van der Waals surface area contributed by atoms with Crippen molar-refractivity contribution in [3.05, 3.63) is 30.6 Å². The molecule has 1 N–H and O–H groups in total. The van der Waals surface area contributed by atoms with Crippen molar-refractivity contribution in [3.8, 4) is 17.3 Å². The third-order valence-electron chi connectivity index (χ3n) is 2.42. The molecular weight excluding hydrogens is 228 g/mol. The summed E-state index contributed by atoms with van der Waals surface area (Å²) in [5.74, 6) is 1.32. The van der Waals surface area contributed by atoms with Gasteiger partial charge in [-0.05, 0) is 12.5 Å². The van der Waals surface area contributed by atoms with Gasteiger partial charge in [0.2, 0.25) is 5.88 Å². The first kappa shape index (κ1) is 12.3. The minimum Gasteiger partial charge on any atom is -0.481 e. The lowest BCUT2D eigenvalue weighted by atomic mass is 10.2. The Bertz CT molecular complexity index is 516. The Morgan fingerprint density at radius 2 is 2.06 bits per heavy atom. The number of aromatic nitrogens is 3. The van der Waals surface area contributed by atoms with Crippen molar-refractivity contribution in [3.63, 3.8) is 0 Å². The van der Waals surface area contributed by atoms with Crippen molar-refractivity contribution in [2.24, 2.45) is 0 Å². The van der Waals surface area contributed by atoms with Gasteiger partial charge in [0.25, 0.3) is 0 Å². The van der Waals surface area contributed by atoms with E-state index in [1.165, 1.54) is 0 Å². The van der Waals surface area contributed by atoms with Crippen LogP contribution in [0, 0.1) is 0 Å². The number of ether oxygens (including phenoxy) is 1. The zero-order valence-corrected chi connectivity index (χ0v) is 10.6. The topological polar surface area (TPSA) is 59.9 Å². The van der Waals surface area contributed by atoms with E-state index in [1.54, 1.807) is 25.6 Å². The number of pyridine rings is 1. The lowest BCUT2D eigenvalue weighted by Gasteiger charge is -2.09. The molecule has 5 nitrogen and oxygen atoms in total. The average Bonchev–Trinajstić information content (AvgIpc) is 2.45. The van der Waals surface area contributed by atoms with Crippen LogP contribution >= 0.6 is 0 Å². The average molecular weight is 244 g/mol. The lowest BCUT2D eigenvalue weighted by molar-refractivity contribution is 0.398. The van der Waals surface area contributed by atoms with E-state index in [1.807, 2.05) is 12.1 Å². The molecule has 2 heterocycles. The van der Waals surface area contributed by atoms with Gasteiger partial charge in [0, 0.05) is 25.0 Å². The Hall–Kier alpha value is -2.17. The molecule has 0 radical (unpaired) electrons. The number of hydrogen-bond donors (Lipinski definition) is 1. The van der Waals surface area contributed by atoms with Crippen LogP contribution in [0.25, 0.3) is 11.4 Å². The van der Waals surface area contributed by atoms with Crippen LogP contribution in [0.5, 0.6) is 5.88 Å². The fourth-order valence-corrected chi connectivity index (χ4v) is 1.56. The molecule has 0 aromatic carbocycles. The van der Waals surface area contributed by atoms with E-state index in [9.17, 15) is 0 Å². The van der Waals surface area contributed by atoms with E-state index in [0.29, 0.717) is 5.88 Å². The van der Waals surface area contributed by atoms with Crippen molar-refractivity contribution in [2.75, 3.05) is 19.0 Å². The van der Waals surface area contributed by atoms with E-state index in [0.717, 1.165) is 30.2 Å². The molecule has 0 aliphatic carbocycles. The first-order valence-corrected chi connectivity index (χ1v) is 5.91. The maximum Gasteiger partial charge on any atom is 0.213 e. The van der Waals surface area contributed by atoms with Crippen molar-refractivity contribution >= 4 is 5.82 Å². The van der Waals surface area contributed by atoms with Gasteiger partial charge < -0.3 is 10.1 Å². The predicted molar refractivity (Wildman–Crippen MR) is 70.6 cm³/mol. The van der Waals surface area contributed by atoms with Crippen molar-refractivity contribution in [1.29, 1.82) is 0 Å². The van der Waals surface area contributed by atoms with Gasteiger partial charge in [-0.25, -0.2) is 15.0 Å². The molecule has 0 fully saturated rings. The summed E-state index contributed by atoms with van der Waals surface area (Å²) in [6.07, 6.45) is 4.36. The summed E-state index contributed by atoms with van der Waals surface area (Å²) in [6, 6.07) is 5.59. The summed E-state index contributed by atoms with van der Waals surface area (Å²) in [6.45, 7) is 2.96. The third kappa shape index (κ3) is 2.74. The highest BCUT2D eigenvalue weighted by molar-refractivity contribution is 5.68. The zero-order valence-electron chi connectivity index (χ0n) is 10.6. The van der Waals surface area contributed by atoms with Crippen molar-refractivity contribution < 1.29 is 4.74 Å². The van der Waals surface area contributed by atoms with Crippen molar-refractivity contribution in [1.82, 2.24) is 15.0 Å². The fraction of sp³-hybridized carbons (Fsp3) is 0.308. The van der Waals surface area contributed by atoms with Gasteiger partial charge in [0.05, 0.1) is 12.8 Å². The van der Waals surface area contributed by atoms with Crippen LogP contribution in [-0.2, 0) is 0 Å². The van der Waals surface area contributed by atoms with Gasteiger partial charge >= 0.3 is 0 Å². The number of rotatable bonds is 5. The third-order valence-corrected chi connectivity index (χ3v) is 2.42. The summed E-state index contributed by atoms with van der Waals surface area (Å²) < 4.78 is 5.12. The molecule has 0 bridgehead atoms. The monoisotopic (exact) mass is 244 g/mol. The van der Waals surface area contributed by atoms with Gasteiger partial charge in [0.15, 0.2) is 5.82 Å². The number of methoxy groups -OCH3 is 1. The van der Waals surface area contributed by atoms with Crippen LogP contribution < -0.4 is 10.1 Å². The van der Waals surface area contributed by atoms with E-state index < -0.39 is 0 Å². The molecule has 2 rings (SSSR count). The normalized spacial score (nSPS) is 10.1. The SMILES string of the molecule is CCCNc1nccnc1-c1cccc(OC)n1. The van der Waals surface area contributed by atoms with Crippen LogP contribution in [0.2, 0.25) is 0 Å². The van der Waals surface area contributed by atoms with Crippen LogP contribution in [0.1, 0.15) is 13.3 Å². The summed E-state index contributed by atoms with van der Waals surface area (Å²) in [5, 5.41) is 3.24. The minimum absolute atomic E-state index is 0.569.